The normalized spacial score (nSPS) is 15.8. The summed E-state index contributed by atoms with van der Waals surface area (Å²) >= 11 is 1.16. The highest BCUT2D eigenvalue weighted by molar-refractivity contribution is 8.00. The van der Waals surface area contributed by atoms with Gasteiger partial charge in [-0.15, -0.1) is 11.8 Å². The second-order valence-corrected chi connectivity index (χ2v) is 19.8. The van der Waals surface area contributed by atoms with Crippen molar-refractivity contribution in [1.29, 1.82) is 0 Å². The van der Waals surface area contributed by atoms with Gasteiger partial charge in [-0.25, -0.2) is 9.13 Å². The fraction of sp³-hybridized carbons (Fsp3) is 0.681. The number of esters is 2. The lowest BCUT2D eigenvalue weighted by atomic mass is 10.1. The molecule has 0 aliphatic carbocycles. The maximum atomic E-state index is 13.0. The number of phosphoric acid groups is 2. The summed E-state index contributed by atoms with van der Waals surface area (Å²) in [5.41, 5.74) is 6.15. The van der Waals surface area contributed by atoms with Gasteiger partial charge in [0.25, 0.3) is 0 Å². The topological polar surface area (TPSA) is 279 Å². The molecule has 0 saturated heterocycles. The van der Waals surface area contributed by atoms with Crippen LogP contribution in [0, 0.1) is 0 Å². The van der Waals surface area contributed by atoms with E-state index in [0.717, 1.165) is 63.1 Å². The maximum Gasteiger partial charge on any atom is 0.472 e. The zero-order valence-electron chi connectivity index (χ0n) is 39.6. The minimum Gasteiger partial charge on any atom is -0.481 e. The third kappa shape index (κ3) is 43.1. The Labute approximate surface area is 403 Å². The van der Waals surface area contributed by atoms with Gasteiger partial charge in [-0.05, 0) is 64.2 Å². The third-order valence-electron chi connectivity index (χ3n) is 9.58. The molecule has 0 bridgehead atoms. The monoisotopic (exact) mass is 1010 g/mol. The number of unbranched alkanes of at least 4 members (excludes halogenated alkanes) is 12. The Morgan fingerprint density at radius 1 is 0.642 bits per heavy atom. The SMILES string of the molecule is CCCCC/C=C\C\C=C/C=C/C=C/[C@@H](SC[C@H](N)C(=O)OC[C@H](COP(=O)(O)OC[C@@H](O)COP(=O)(O)O)OC(=O)CCCCCCC/C=C\C=C/CCCCCC)[C@@H](O)CCCC(=O)O. The summed E-state index contributed by atoms with van der Waals surface area (Å²) < 4.78 is 48.0. The number of nitrogens with two attached hydrogens (primary N) is 1. The van der Waals surface area contributed by atoms with E-state index in [2.05, 4.69) is 59.4 Å². The molecular formula is C47H81NO16P2S. The fourth-order valence-electron chi connectivity index (χ4n) is 5.84. The van der Waals surface area contributed by atoms with Crippen molar-refractivity contribution in [3.8, 4) is 0 Å². The van der Waals surface area contributed by atoms with Crippen LogP contribution in [0.5, 0.6) is 0 Å². The van der Waals surface area contributed by atoms with Gasteiger partial charge in [0.1, 0.15) is 18.8 Å². The number of carboxylic acid groups (broad SMARTS) is 1. The molecule has 6 atom stereocenters. The van der Waals surface area contributed by atoms with Gasteiger partial charge in [0.05, 0.1) is 25.9 Å². The number of phosphoric ester groups is 2. The smallest absolute Gasteiger partial charge is 0.472 e. The summed E-state index contributed by atoms with van der Waals surface area (Å²) in [6, 6.07) is -1.23. The minimum atomic E-state index is -4.95. The van der Waals surface area contributed by atoms with E-state index in [9.17, 15) is 38.6 Å². The van der Waals surface area contributed by atoms with Crippen molar-refractivity contribution in [3.05, 3.63) is 72.9 Å². The first-order valence-electron chi connectivity index (χ1n) is 23.6. The van der Waals surface area contributed by atoms with Gasteiger partial charge in [-0.2, -0.15) is 0 Å². The van der Waals surface area contributed by atoms with Gasteiger partial charge in [0.15, 0.2) is 6.10 Å². The highest BCUT2D eigenvalue weighted by atomic mass is 32.2. The highest BCUT2D eigenvalue weighted by Gasteiger charge is 2.29. The molecule has 0 heterocycles. The molecule has 1 unspecified atom stereocenters. The van der Waals surface area contributed by atoms with E-state index in [-0.39, 0.29) is 31.4 Å². The Bertz CT molecular complexity index is 1580. The number of aliphatic hydroxyl groups is 2. The van der Waals surface area contributed by atoms with Gasteiger partial charge in [0, 0.05) is 23.8 Å². The lowest BCUT2D eigenvalue weighted by Gasteiger charge is -2.22. The number of thioether (sulfide) groups is 1. The van der Waals surface area contributed by atoms with Crippen LogP contribution in [0.25, 0.3) is 0 Å². The summed E-state index contributed by atoms with van der Waals surface area (Å²) in [4.78, 5) is 64.7. The van der Waals surface area contributed by atoms with Crippen molar-refractivity contribution < 1.29 is 76.6 Å². The molecule has 0 aromatic carbocycles. The third-order valence-corrected chi connectivity index (χ3v) is 12.4. The van der Waals surface area contributed by atoms with Crippen LogP contribution in [0.1, 0.15) is 142 Å². The lowest BCUT2D eigenvalue weighted by molar-refractivity contribution is -0.161. The van der Waals surface area contributed by atoms with Gasteiger partial charge >= 0.3 is 33.6 Å². The molecule has 17 nitrogen and oxygen atoms in total. The predicted octanol–water partition coefficient (Wildman–Crippen LogP) is 9.10. The summed E-state index contributed by atoms with van der Waals surface area (Å²) in [5, 5.41) is 29.2. The molecule has 0 aliphatic heterocycles. The number of carbonyl (C=O) groups excluding carboxylic acids is 2. The van der Waals surface area contributed by atoms with Gasteiger partial charge in [0.2, 0.25) is 0 Å². The molecule has 67 heavy (non-hydrogen) atoms. The van der Waals surface area contributed by atoms with E-state index < -0.39 is 89.6 Å². The van der Waals surface area contributed by atoms with Gasteiger partial charge < -0.3 is 45.2 Å². The van der Waals surface area contributed by atoms with Crippen LogP contribution in [0.2, 0.25) is 0 Å². The molecule has 0 aliphatic rings. The number of carbonyl (C=O) groups is 3. The number of hydrogen-bond acceptors (Lipinski definition) is 14. The Balaban J connectivity index is 5.38. The second kappa shape index (κ2) is 42.2. The highest BCUT2D eigenvalue weighted by Crippen LogP contribution is 2.44. The average Bonchev–Trinajstić information content (AvgIpc) is 3.27. The van der Waals surface area contributed by atoms with E-state index in [1.807, 2.05) is 18.2 Å². The molecule has 0 radical (unpaired) electrons. The van der Waals surface area contributed by atoms with Crippen molar-refractivity contribution in [2.24, 2.45) is 5.73 Å². The quantitative estimate of drug-likeness (QED) is 0.00985. The van der Waals surface area contributed by atoms with Crippen molar-refractivity contribution in [3.63, 3.8) is 0 Å². The summed E-state index contributed by atoms with van der Waals surface area (Å²) in [7, 11) is -9.88. The first kappa shape index (κ1) is 64.3. The molecule has 0 aromatic rings. The van der Waals surface area contributed by atoms with E-state index in [0.29, 0.717) is 6.42 Å². The number of aliphatic hydroxyl groups excluding tert-OH is 2. The van der Waals surface area contributed by atoms with Crippen molar-refractivity contribution in [2.75, 3.05) is 32.2 Å². The van der Waals surface area contributed by atoms with Crippen LogP contribution in [0.15, 0.2) is 72.9 Å². The van der Waals surface area contributed by atoms with E-state index in [4.69, 9.17) is 34.6 Å². The zero-order chi connectivity index (χ0) is 50.0. The van der Waals surface area contributed by atoms with Gasteiger partial charge in [-0.3, -0.25) is 28.0 Å². The first-order valence-corrected chi connectivity index (χ1v) is 27.7. The molecule has 0 saturated carbocycles. The summed E-state index contributed by atoms with van der Waals surface area (Å²) in [5.74, 6) is -2.61. The number of hydrogen-bond donors (Lipinski definition) is 7. The molecule has 386 valence electrons. The molecular weight excluding hydrogens is 929 g/mol. The standard InChI is InChI=1S/C47H81NO16P2S/c1-3-5-7-9-11-13-15-17-18-19-21-23-25-27-29-34-46(53)64-41(38-63-66(58,59)62-36-40(49)35-61-65(55,56)57)37-60-47(54)42(48)39-67-44(43(50)31-30-33-45(51)52)32-28-26-24-22-20-16-14-12-10-8-6-4-2/h12-15,17-18,20,22,24,26,28,32,40-44,49-50H,3-11,16,19,21,23,25,27,29-31,33-39,48H2,1-2H3,(H,51,52)(H,58,59)(H2,55,56,57)/b14-12-,15-13-,18-17-,22-20-,26-24+,32-28+/t40-,41+,42-,43-,44+/m0/s1. The molecule has 8 N–H and O–H groups in total. The number of carboxylic acids is 1. The van der Waals surface area contributed by atoms with Crippen LogP contribution >= 0.6 is 27.4 Å². The summed E-state index contributed by atoms with van der Waals surface area (Å²) in [6.45, 7) is 1.11. The zero-order valence-corrected chi connectivity index (χ0v) is 42.2. The lowest BCUT2D eigenvalue weighted by Crippen LogP contribution is -2.38. The molecule has 0 amide bonds. The van der Waals surface area contributed by atoms with Crippen LogP contribution < -0.4 is 5.73 Å². The number of aliphatic carboxylic acids is 1. The molecule has 0 spiro atoms. The molecule has 20 heteroatoms. The number of allylic oxidation sites excluding steroid dienone is 11. The van der Waals surface area contributed by atoms with E-state index in [1.54, 1.807) is 18.2 Å². The van der Waals surface area contributed by atoms with Gasteiger partial charge in [-0.1, -0.05) is 138 Å². The number of ether oxygens (including phenoxy) is 2. The number of rotatable bonds is 44. The summed E-state index contributed by atoms with van der Waals surface area (Å²) in [6.07, 6.45) is 36.5. The van der Waals surface area contributed by atoms with Crippen molar-refractivity contribution in [1.82, 2.24) is 0 Å². The first-order chi connectivity index (χ1) is 32.0. The van der Waals surface area contributed by atoms with Crippen LogP contribution in [0.3, 0.4) is 0 Å². The largest absolute Gasteiger partial charge is 0.481 e. The molecule has 0 aromatic heterocycles. The maximum absolute atomic E-state index is 13.0. The van der Waals surface area contributed by atoms with E-state index in [1.165, 1.54) is 44.9 Å². The Morgan fingerprint density at radius 3 is 1.88 bits per heavy atom. The van der Waals surface area contributed by atoms with Crippen LogP contribution in [-0.4, -0.2) is 110 Å². The molecule has 0 rings (SSSR count). The molecule has 0 fully saturated rings. The Morgan fingerprint density at radius 2 is 1.21 bits per heavy atom. The average molecular weight is 1010 g/mol. The van der Waals surface area contributed by atoms with E-state index >= 15 is 0 Å². The minimum absolute atomic E-state index is 0.00825. The second-order valence-electron chi connectivity index (χ2n) is 15.9. The Hall–Kier alpha value is -2.70. The van der Waals surface area contributed by atoms with Crippen molar-refractivity contribution in [2.45, 2.75) is 172 Å². The van der Waals surface area contributed by atoms with Crippen LogP contribution in [0.4, 0.5) is 0 Å². The van der Waals surface area contributed by atoms with Crippen molar-refractivity contribution >= 4 is 45.3 Å². The fourth-order valence-corrected chi connectivity index (χ4v) is 8.12. The van der Waals surface area contributed by atoms with Crippen LogP contribution in [-0.2, 0) is 46.6 Å². The predicted molar refractivity (Wildman–Crippen MR) is 263 cm³/mol. The Kier molecular flexibility index (Phi) is 40.5.